The van der Waals surface area contributed by atoms with Crippen molar-refractivity contribution in [1.82, 2.24) is 0 Å². The fourth-order valence-corrected chi connectivity index (χ4v) is 3.37. The minimum atomic E-state index is -4.90. The van der Waals surface area contributed by atoms with Gasteiger partial charge in [0.05, 0.1) is 29.6 Å². The number of carbonyl (C=O) groups excluding carboxylic acids is 1. The average molecular weight is 347 g/mol. The molecule has 0 aliphatic carbocycles. The van der Waals surface area contributed by atoms with Crippen molar-refractivity contribution in [2.45, 2.75) is 31.2 Å². The van der Waals surface area contributed by atoms with E-state index in [9.17, 15) is 32.3 Å². The number of amides is 1. The summed E-state index contributed by atoms with van der Waals surface area (Å²) >= 11 is 0. The lowest BCUT2D eigenvalue weighted by Gasteiger charge is -2.24. The van der Waals surface area contributed by atoms with Crippen LogP contribution in [-0.2, 0) is 20.5 Å². The molecule has 2 saturated heterocycles. The van der Waals surface area contributed by atoms with E-state index in [1.54, 1.807) is 0 Å². The molecule has 2 N–H and O–H groups in total. The fraction of sp³-hybridized carbons (Fsp3) is 0.467. The van der Waals surface area contributed by atoms with Gasteiger partial charge < -0.3 is 15.2 Å². The van der Waals surface area contributed by atoms with Gasteiger partial charge in [-0.2, -0.15) is 13.2 Å². The van der Waals surface area contributed by atoms with Crippen molar-refractivity contribution in [2.75, 3.05) is 5.32 Å². The number of hydrogen-bond acceptors (Lipinski definition) is 3. The second-order valence-electron chi connectivity index (χ2n) is 5.86. The maximum atomic E-state index is 13.3. The van der Waals surface area contributed by atoms with Crippen LogP contribution in [0.15, 0.2) is 18.2 Å². The topological polar surface area (TPSA) is 75.6 Å². The summed E-state index contributed by atoms with van der Waals surface area (Å²) in [7, 11) is 0. The Bertz CT molecular complexity index is 691. The third-order valence-electron chi connectivity index (χ3n) is 4.40. The molecule has 3 rings (SSSR count). The van der Waals surface area contributed by atoms with E-state index in [0.717, 1.165) is 6.07 Å². The summed E-state index contributed by atoms with van der Waals surface area (Å²) in [5.41, 5.74) is -1.75. The highest BCUT2D eigenvalue weighted by molar-refractivity contribution is 5.96. The summed E-state index contributed by atoms with van der Waals surface area (Å²) < 4.78 is 56.8. The lowest BCUT2D eigenvalue weighted by molar-refractivity contribution is -0.147. The molecule has 0 saturated carbocycles. The molecule has 2 heterocycles. The molecule has 9 heteroatoms. The van der Waals surface area contributed by atoms with Crippen LogP contribution in [0.2, 0.25) is 0 Å². The van der Waals surface area contributed by atoms with Gasteiger partial charge in [0, 0.05) is 5.69 Å². The highest BCUT2D eigenvalue weighted by atomic mass is 19.4. The SMILES string of the molecule is O=C(Nc1ccc(F)c(C(F)(F)F)c1)[C@@H]1[C@H](C(=O)O)[C@H]2CC[C@H]1O2. The number of carboxylic acid groups (broad SMARTS) is 1. The minimum absolute atomic E-state index is 0.249. The fourth-order valence-electron chi connectivity index (χ4n) is 3.37. The Hall–Kier alpha value is -2.16. The van der Waals surface area contributed by atoms with Crippen LogP contribution in [0.25, 0.3) is 0 Å². The van der Waals surface area contributed by atoms with Crippen molar-refractivity contribution >= 4 is 17.6 Å². The van der Waals surface area contributed by atoms with Crippen molar-refractivity contribution in [3.63, 3.8) is 0 Å². The Kier molecular flexibility index (Phi) is 3.98. The first kappa shape index (κ1) is 16.7. The van der Waals surface area contributed by atoms with Crippen molar-refractivity contribution < 1.29 is 37.0 Å². The Morgan fingerprint density at radius 1 is 1.17 bits per heavy atom. The van der Waals surface area contributed by atoms with Crippen LogP contribution in [0.3, 0.4) is 0 Å². The molecule has 0 spiro atoms. The van der Waals surface area contributed by atoms with Gasteiger partial charge >= 0.3 is 12.1 Å². The van der Waals surface area contributed by atoms with E-state index in [1.165, 1.54) is 0 Å². The van der Waals surface area contributed by atoms with Gasteiger partial charge in [-0.15, -0.1) is 0 Å². The molecule has 24 heavy (non-hydrogen) atoms. The van der Waals surface area contributed by atoms with Crippen LogP contribution in [-0.4, -0.2) is 29.2 Å². The number of rotatable bonds is 3. The van der Waals surface area contributed by atoms with Crippen LogP contribution < -0.4 is 5.32 Å². The van der Waals surface area contributed by atoms with E-state index in [1.807, 2.05) is 0 Å². The van der Waals surface area contributed by atoms with Gasteiger partial charge in [0.1, 0.15) is 5.82 Å². The zero-order valence-electron chi connectivity index (χ0n) is 12.1. The van der Waals surface area contributed by atoms with E-state index in [4.69, 9.17) is 4.74 Å². The summed E-state index contributed by atoms with van der Waals surface area (Å²) in [6, 6.07) is 2.08. The predicted molar refractivity (Wildman–Crippen MR) is 72.5 cm³/mol. The number of anilines is 1. The maximum Gasteiger partial charge on any atom is 0.419 e. The van der Waals surface area contributed by atoms with Crippen molar-refractivity contribution in [3.8, 4) is 0 Å². The van der Waals surface area contributed by atoms with Crippen molar-refractivity contribution in [2.24, 2.45) is 11.8 Å². The van der Waals surface area contributed by atoms with Gasteiger partial charge in [-0.3, -0.25) is 9.59 Å². The first-order valence-corrected chi connectivity index (χ1v) is 7.24. The molecule has 2 aliphatic heterocycles. The van der Waals surface area contributed by atoms with Gasteiger partial charge in [0.15, 0.2) is 0 Å². The Morgan fingerprint density at radius 2 is 1.79 bits per heavy atom. The van der Waals surface area contributed by atoms with Gasteiger partial charge in [0.25, 0.3) is 0 Å². The molecule has 4 atom stereocenters. The molecule has 0 aromatic heterocycles. The number of carboxylic acids is 1. The zero-order chi connectivity index (χ0) is 17.6. The number of hydrogen-bond donors (Lipinski definition) is 2. The van der Waals surface area contributed by atoms with E-state index >= 15 is 0 Å². The van der Waals surface area contributed by atoms with Gasteiger partial charge in [-0.1, -0.05) is 0 Å². The number of aliphatic carboxylic acids is 1. The number of nitrogens with one attached hydrogen (secondary N) is 1. The Balaban J connectivity index is 1.81. The number of carbonyl (C=O) groups is 2. The van der Waals surface area contributed by atoms with E-state index in [2.05, 4.69) is 5.32 Å². The number of alkyl halides is 3. The summed E-state index contributed by atoms with van der Waals surface area (Å²) in [5, 5.41) is 11.5. The molecule has 2 aliphatic rings. The normalized spacial score (nSPS) is 28.8. The number of fused-ring (bicyclic) bond motifs is 2. The summed E-state index contributed by atoms with van der Waals surface area (Å²) in [4.78, 5) is 23.7. The zero-order valence-corrected chi connectivity index (χ0v) is 12.1. The summed E-state index contributed by atoms with van der Waals surface area (Å²) in [5.74, 6) is -5.40. The van der Waals surface area contributed by atoms with Crippen LogP contribution in [0.1, 0.15) is 18.4 Å². The largest absolute Gasteiger partial charge is 0.481 e. The lowest BCUT2D eigenvalue weighted by atomic mass is 9.78. The minimum Gasteiger partial charge on any atom is -0.481 e. The quantitative estimate of drug-likeness (QED) is 0.825. The second-order valence-corrected chi connectivity index (χ2v) is 5.86. The molecule has 2 fully saturated rings. The first-order valence-electron chi connectivity index (χ1n) is 7.24. The van der Waals surface area contributed by atoms with E-state index < -0.39 is 53.5 Å². The average Bonchev–Trinajstić information content (AvgIpc) is 3.08. The predicted octanol–water partition coefficient (Wildman–Crippen LogP) is 2.66. The Morgan fingerprint density at radius 3 is 2.38 bits per heavy atom. The van der Waals surface area contributed by atoms with Crippen LogP contribution in [0.5, 0.6) is 0 Å². The van der Waals surface area contributed by atoms with Gasteiger partial charge in [0.2, 0.25) is 5.91 Å². The highest BCUT2D eigenvalue weighted by Gasteiger charge is 2.55. The molecular formula is C15H13F4NO4. The Labute approximate surface area is 133 Å². The third-order valence-corrected chi connectivity index (χ3v) is 4.40. The summed E-state index contributed by atoms with van der Waals surface area (Å²) in [6.07, 6.45) is -4.99. The van der Waals surface area contributed by atoms with E-state index in [-0.39, 0.29) is 5.69 Å². The first-order chi connectivity index (χ1) is 11.2. The number of benzene rings is 1. The monoisotopic (exact) mass is 347 g/mol. The maximum absolute atomic E-state index is 13.3. The third kappa shape index (κ3) is 2.83. The number of ether oxygens (including phenoxy) is 1. The van der Waals surface area contributed by atoms with Gasteiger partial charge in [-0.05, 0) is 31.0 Å². The molecule has 5 nitrogen and oxygen atoms in total. The van der Waals surface area contributed by atoms with E-state index in [0.29, 0.717) is 25.0 Å². The second kappa shape index (κ2) is 5.73. The molecular weight excluding hydrogens is 334 g/mol. The molecule has 130 valence electrons. The van der Waals surface area contributed by atoms with Crippen molar-refractivity contribution in [3.05, 3.63) is 29.6 Å². The number of halogens is 4. The van der Waals surface area contributed by atoms with Crippen LogP contribution in [0, 0.1) is 17.7 Å². The molecule has 0 unspecified atom stereocenters. The smallest absolute Gasteiger partial charge is 0.419 e. The molecule has 1 amide bonds. The van der Waals surface area contributed by atoms with Crippen molar-refractivity contribution in [1.29, 1.82) is 0 Å². The lowest BCUT2D eigenvalue weighted by Crippen LogP contribution is -2.41. The molecule has 1 aromatic carbocycles. The molecule has 2 bridgehead atoms. The van der Waals surface area contributed by atoms with Crippen LogP contribution >= 0.6 is 0 Å². The molecule has 1 aromatic rings. The highest BCUT2D eigenvalue weighted by Crippen LogP contribution is 2.44. The molecule has 0 radical (unpaired) electrons. The van der Waals surface area contributed by atoms with Gasteiger partial charge in [-0.25, -0.2) is 4.39 Å². The standard InChI is InChI=1S/C15H13F4NO4/c16-8-2-1-6(5-7(8)15(17,18)19)20-13(21)11-9-3-4-10(24-9)12(11)14(22)23/h1-2,5,9-12H,3-4H2,(H,20,21)(H,22,23)/t9-,10-,11+,12-/m1/s1. The van der Waals surface area contributed by atoms with Crippen LogP contribution in [0.4, 0.5) is 23.2 Å². The summed E-state index contributed by atoms with van der Waals surface area (Å²) in [6.45, 7) is 0.